The molecule has 2 N–H and O–H groups in total. The van der Waals surface area contributed by atoms with Gasteiger partial charge in [-0.3, -0.25) is 4.79 Å². The van der Waals surface area contributed by atoms with Crippen molar-refractivity contribution < 1.29 is 19.0 Å². The van der Waals surface area contributed by atoms with Gasteiger partial charge in [-0.2, -0.15) is 0 Å². The van der Waals surface area contributed by atoms with Crippen LogP contribution in [0.5, 0.6) is 11.5 Å². The number of rotatable bonds is 8. The van der Waals surface area contributed by atoms with Crippen molar-refractivity contribution >= 4 is 5.97 Å². The van der Waals surface area contributed by atoms with Crippen LogP contribution in [0.1, 0.15) is 38.3 Å². The zero-order valence-corrected chi connectivity index (χ0v) is 12.3. The van der Waals surface area contributed by atoms with E-state index in [9.17, 15) is 4.79 Å². The summed E-state index contributed by atoms with van der Waals surface area (Å²) in [6.07, 6.45) is 1.59. The number of esters is 1. The van der Waals surface area contributed by atoms with E-state index < -0.39 is 0 Å². The Labute approximate surface area is 120 Å². The molecule has 1 aromatic rings. The molecule has 1 rings (SSSR count). The second kappa shape index (κ2) is 8.43. The summed E-state index contributed by atoms with van der Waals surface area (Å²) in [5, 5.41) is 0. The normalized spacial score (nSPS) is 11.8. The molecule has 20 heavy (non-hydrogen) atoms. The molecule has 1 atom stereocenters. The van der Waals surface area contributed by atoms with Gasteiger partial charge in [0.25, 0.3) is 0 Å². The number of nitrogens with two attached hydrogens (primary N) is 1. The predicted octanol–water partition coefficient (Wildman–Crippen LogP) is 2.44. The van der Waals surface area contributed by atoms with Crippen LogP contribution in [0.4, 0.5) is 0 Å². The lowest BCUT2D eigenvalue weighted by atomic mass is 10.1. The van der Waals surface area contributed by atoms with Crippen LogP contribution in [-0.2, 0) is 9.53 Å². The van der Waals surface area contributed by atoms with Crippen molar-refractivity contribution in [1.82, 2.24) is 0 Å². The SMILES string of the molecule is COc1cc(C(C)N)ccc1OCCCCOC(C)=O. The molecule has 0 amide bonds. The van der Waals surface area contributed by atoms with Crippen molar-refractivity contribution in [3.8, 4) is 11.5 Å². The summed E-state index contributed by atoms with van der Waals surface area (Å²) >= 11 is 0. The molecular weight excluding hydrogens is 258 g/mol. The number of benzene rings is 1. The molecule has 0 aliphatic heterocycles. The number of ether oxygens (including phenoxy) is 3. The Balaban J connectivity index is 2.41. The number of unbranched alkanes of at least 4 members (excludes halogenated alkanes) is 1. The minimum absolute atomic E-state index is 0.0401. The first-order valence-electron chi connectivity index (χ1n) is 6.74. The molecular formula is C15H23NO4. The molecule has 5 heteroatoms. The number of hydrogen-bond donors (Lipinski definition) is 1. The van der Waals surface area contributed by atoms with Gasteiger partial charge in [0.05, 0.1) is 20.3 Å². The number of hydrogen-bond acceptors (Lipinski definition) is 5. The first kappa shape index (κ1) is 16.3. The van der Waals surface area contributed by atoms with Crippen LogP contribution in [-0.4, -0.2) is 26.3 Å². The van der Waals surface area contributed by atoms with Gasteiger partial charge < -0.3 is 19.9 Å². The standard InChI is InChI=1S/C15H23NO4/c1-11(16)13-6-7-14(15(10-13)18-3)20-9-5-4-8-19-12(2)17/h6-7,10-11H,4-5,8-9,16H2,1-3H3. The van der Waals surface area contributed by atoms with Gasteiger partial charge in [0, 0.05) is 13.0 Å². The van der Waals surface area contributed by atoms with E-state index >= 15 is 0 Å². The van der Waals surface area contributed by atoms with Crippen LogP contribution in [0.2, 0.25) is 0 Å². The van der Waals surface area contributed by atoms with Gasteiger partial charge in [0.1, 0.15) is 0 Å². The third kappa shape index (κ3) is 5.48. The predicted molar refractivity (Wildman–Crippen MR) is 77.0 cm³/mol. The lowest BCUT2D eigenvalue weighted by Gasteiger charge is -2.13. The van der Waals surface area contributed by atoms with Crippen molar-refractivity contribution in [3.05, 3.63) is 23.8 Å². The van der Waals surface area contributed by atoms with Crippen molar-refractivity contribution in [1.29, 1.82) is 0 Å². The fraction of sp³-hybridized carbons (Fsp3) is 0.533. The van der Waals surface area contributed by atoms with Gasteiger partial charge in [0.15, 0.2) is 11.5 Å². The van der Waals surface area contributed by atoms with Crippen LogP contribution in [0.3, 0.4) is 0 Å². The molecule has 0 heterocycles. The van der Waals surface area contributed by atoms with Gasteiger partial charge in [-0.05, 0) is 37.5 Å². The zero-order chi connectivity index (χ0) is 15.0. The van der Waals surface area contributed by atoms with Gasteiger partial charge >= 0.3 is 5.97 Å². The summed E-state index contributed by atoms with van der Waals surface area (Å²) in [7, 11) is 1.61. The molecule has 0 aliphatic carbocycles. The lowest BCUT2D eigenvalue weighted by molar-refractivity contribution is -0.141. The molecule has 0 aliphatic rings. The molecule has 0 radical (unpaired) electrons. The Morgan fingerprint density at radius 1 is 1.25 bits per heavy atom. The highest BCUT2D eigenvalue weighted by molar-refractivity contribution is 5.65. The van der Waals surface area contributed by atoms with Crippen LogP contribution >= 0.6 is 0 Å². The third-order valence-electron chi connectivity index (χ3n) is 2.82. The summed E-state index contributed by atoms with van der Waals surface area (Å²) in [6.45, 7) is 4.31. The Hall–Kier alpha value is -1.75. The monoisotopic (exact) mass is 281 g/mol. The summed E-state index contributed by atoms with van der Waals surface area (Å²) in [5.41, 5.74) is 6.83. The van der Waals surface area contributed by atoms with E-state index in [1.165, 1.54) is 6.92 Å². The molecule has 0 saturated carbocycles. The third-order valence-corrected chi connectivity index (χ3v) is 2.82. The second-order valence-corrected chi connectivity index (χ2v) is 4.59. The maximum absolute atomic E-state index is 10.6. The highest BCUT2D eigenvalue weighted by Crippen LogP contribution is 2.29. The van der Waals surface area contributed by atoms with Crippen LogP contribution < -0.4 is 15.2 Å². The minimum atomic E-state index is -0.251. The van der Waals surface area contributed by atoms with Crippen LogP contribution in [0.25, 0.3) is 0 Å². The molecule has 0 saturated heterocycles. The maximum Gasteiger partial charge on any atom is 0.302 e. The van der Waals surface area contributed by atoms with Crippen molar-refractivity contribution in [3.63, 3.8) is 0 Å². The van der Waals surface area contributed by atoms with E-state index in [4.69, 9.17) is 19.9 Å². The topological polar surface area (TPSA) is 70.8 Å². The van der Waals surface area contributed by atoms with E-state index in [0.29, 0.717) is 24.7 Å². The van der Waals surface area contributed by atoms with E-state index in [1.54, 1.807) is 7.11 Å². The van der Waals surface area contributed by atoms with Gasteiger partial charge in [-0.15, -0.1) is 0 Å². The second-order valence-electron chi connectivity index (χ2n) is 4.59. The molecule has 1 aromatic carbocycles. The molecule has 112 valence electrons. The molecule has 5 nitrogen and oxygen atoms in total. The van der Waals surface area contributed by atoms with Gasteiger partial charge in [-0.1, -0.05) is 6.07 Å². The van der Waals surface area contributed by atoms with Crippen molar-refractivity contribution in [2.45, 2.75) is 32.7 Å². The Kier molecular flexibility index (Phi) is 6.87. The highest BCUT2D eigenvalue weighted by Gasteiger charge is 2.08. The summed E-state index contributed by atoms with van der Waals surface area (Å²) < 4.78 is 15.8. The summed E-state index contributed by atoms with van der Waals surface area (Å²) in [4.78, 5) is 10.6. The Bertz CT molecular complexity index is 432. The fourth-order valence-corrected chi connectivity index (χ4v) is 1.69. The fourth-order valence-electron chi connectivity index (χ4n) is 1.69. The molecule has 0 bridgehead atoms. The number of methoxy groups -OCH3 is 1. The number of carbonyl (C=O) groups excluding carboxylic acids is 1. The van der Waals surface area contributed by atoms with Crippen LogP contribution in [0.15, 0.2) is 18.2 Å². The molecule has 0 aromatic heterocycles. The zero-order valence-electron chi connectivity index (χ0n) is 12.3. The average Bonchev–Trinajstić information content (AvgIpc) is 2.42. The van der Waals surface area contributed by atoms with E-state index in [1.807, 2.05) is 25.1 Å². The summed E-state index contributed by atoms with van der Waals surface area (Å²) in [5.74, 6) is 1.13. The van der Waals surface area contributed by atoms with Gasteiger partial charge in [0.2, 0.25) is 0 Å². The van der Waals surface area contributed by atoms with Crippen molar-refractivity contribution in [2.75, 3.05) is 20.3 Å². The minimum Gasteiger partial charge on any atom is -0.493 e. The molecule has 1 unspecified atom stereocenters. The highest BCUT2D eigenvalue weighted by atomic mass is 16.5. The van der Waals surface area contributed by atoms with Crippen LogP contribution in [0, 0.1) is 0 Å². The molecule has 0 spiro atoms. The molecule has 0 fully saturated rings. The van der Waals surface area contributed by atoms with E-state index in [2.05, 4.69) is 0 Å². The Morgan fingerprint density at radius 2 is 1.95 bits per heavy atom. The number of carbonyl (C=O) groups is 1. The average molecular weight is 281 g/mol. The first-order valence-corrected chi connectivity index (χ1v) is 6.74. The lowest BCUT2D eigenvalue weighted by Crippen LogP contribution is -2.06. The quantitative estimate of drug-likeness (QED) is 0.585. The van der Waals surface area contributed by atoms with E-state index in [0.717, 1.165) is 18.4 Å². The van der Waals surface area contributed by atoms with Gasteiger partial charge in [-0.25, -0.2) is 0 Å². The summed E-state index contributed by atoms with van der Waals surface area (Å²) in [6, 6.07) is 5.64. The van der Waals surface area contributed by atoms with Crippen molar-refractivity contribution in [2.24, 2.45) is 5.73 Å². The smallest absolute Gasteiger partial charge is 0.302 e. The first-order chi connectivity index (χ1) is 9.54. The largest absolute Gasteiger partial charge is 0.493 e. The van der Waals surface area contributed by atoms with E-state index in [-0.39, 0.29) is 12.0 Å². The Morgan fingerprint density at radius 3 is 2.55 bits per heavy atom. The maximum atomic E-state index is 10.6.